The number of rotatable bonds is 4. The van der Waals surface area contributed by atoms with E-state index in [1.165, 1.54) is 22.8 Å². The van der Waals surface area contributed by atoms with Gasteiger partial charge in [0, 0.05) is 42.8 Å². The summed E-state index contributed by atoms with van der Waals surface area (Å²) in [5.41, 5.74) is 4.55. The summed E-state index contributed by atoms with van der Waals surface area (Å²) >= 11 is 3.36. The molecule has 1 heterocycles. The maximum Gasteiger partial charge on any atom is 0.132 e. The predicted octanol–water partition coefficient (Wildman–Crippen LogP) is 4.36. The van der Waals surface area contributed by atoms with Crippen molar-refractivity contribution in [1.29, 1.82) is 0 Å². The molecule has 1 aliphatic heterocycles. The predicted molar refractivity (Wildman–Crippen MR) is 104 cm³/mol. The van der Waals surface area contributed by atoms with Gasteiger partial charge in [-0.2, -0.15) is 5.10 Å². The van der Waals surface area contributed by atoms with Crippen molar-refractivity contribution in [2.75, 3.05) is 26.2 Å². The third kappa shape index (κ3) is 4.89. The van der Waals surface area contributed by atoms with Crippen molar-refractivity contribution in [3.63, 3.8) is 0 Å². The summed E-state index contributed by atoms with van der Waals surface area (Å²) in [7, 11) is 0. The molecule has 0 bridgehead atoms. The summed E-state index contributed by atoms with van der Waals surface area (Å²) in [4.78, 5) is 2.45. The van der Waals surface area contributed by atoms with Crippen molar-refractivity contribution in [2.24, 2.45) is 5.10 Å². The number of piperazine rings is 1. The SMILES string of the molecule is Cc1ccc(CN2CCN(/N=C/c3cc(Br)ccc3F)CC2)c(C)c1. The van der Waals surface area contributed by atoms with Crippen molar-refractivity contribution < 1.29 is 4.39 Å². The van der Waals surface area contributed by atoms with E-state index in [9.17, 15) is 4.39 Å². The van der Waals surface area contributed by atoms with Gasteiger partial charge in [0.05, 0.1) is 6.21 Å². The van der Waals surface area contributed by atoms with Gasteiger partial charge >= 0.3 is 0 Å². The van der Waals surface area contributed by atoms with Crippen molar-refractivity contribution in [3.05, 3.63) is 68.9 Å². The Morgan fingerprint density at radius 1 is 1.08 bits per heavy atom. The molecule has 0 saturated carbocycles. The molecule has 2 aromatic carbocycles. The average molecular weight is 404 g/mol. The van der Waals surface area contributed by atoms with Crippen LogP contribution in [-0.2, 0) is 6.54 Å². The van der Waals surface area contributed by atoms with Crippen LogP contribution in [0.4, 0.5) is 4.39 Å². The second-order valence-corrected chi connectivity index (χ2v) is 7.49. The lowest BCUT2D eigenvalue weighted by Gasteiger charge is -2.33. The Bertz CT molecular complexity index is 768. The average Bonchev–Trinajstić information content (AvgIpc) is 2.59. The molecule has 1 aliphatic rings. The summed E-state index contributed by atoms with van der Waals surface area (Å²) in [6, 6.07) is 11.5. The Kier molecular flexibility index (Phi) is 5.86. The van der Waals surface area contributed by atoms with E-state index in [2.05, 4.69) is 58.0 Å². The van der Waals surface area contributed by atoms with Gasteiger partial charge in [-0.15, -0.1) is 0 Å². The molecule has 3 rings (SSSR count). The minimum atomic E-state index is -0.250. The lowest BCUT2D eigenvalue weighted by molar-refractivity contribution is 0.131. The van der Waals surface area contributed by atoms with Gasteiger partial charge in [-0.3, -0.25) is 9.91 Å². The number of aryl methyl sites for hydroxylation is 2. The van der Waals surface area contributed by atoms with Crippen LogP contribution in [0.5, 0.6) is 0 Å². The van der Waals surface area contributed by atoms with Gasteiger partial charge in [0.15, 0.2) is 0 Å². The third-order valence-corrected chi connectivity index (χ3v) is 5.05. The topological polar surface area (TPSA) is 18.8 Å². The molecule has 1 saturated heterocycles. The molecule has 0 amide bonds. The summed E-state index contributed by atoms with van der Waals surface area (Å²) in [5, 5.41) is 6.46. The van der Waals surface area contributed by atoms with Crippen molar-refractivity contribution in [3.8, 4) is 0 Å². The maximum atomic E-state index is 13.8. The Labute approximate surface area is 157 Å². The third-order valence-electron chi connectivity index (χ3n) is 4.56. The maximum absolute atomic E-state index is 13.8. The van der Waals surface area contributed by atoms with E-state index in [0.717, 1.165) is 37.2 Å². The quantitative estimate of drug-likeness (QED) is 0.706. The fourth-order valence-electron chi connectivity index (χ4n) is 3.03. The summed E-state index contributed by atoms with van der Waals surface area (Å²) < 4.78 is 14.6. The highest BCUT2D eigenvalue weighted by molar-refractivity contribution is 9.10. The van der Waals surface area contributed by atoms with Crippen LogP contribution in [-0.4, -0.2) is 42.3 Å². The Hall–Kier alpha value is -1.72. The van der Waals surface area contributed by atoms with Crippen LogP contribution in [0.2, 0.25) is 0 Å². The van der Waals surface area contributed by atoms with Crippen LogP contribution in [0.3, 0.4) is 0 Å². The summed E-state index contributed by atoms with van der Waals surface area (Å²) in [6.45, 7) is 8.92. The van der Waals surface area contributed by atoms with Crippen LogP contribution in [0.25, 0.3) is 0 Å². The van der Waals surface area contributed by atoms with Gasteiger partial charge in [-0.1, -0.05) is 39.7 Å². The molecular formula is C20H23BrFN3. The molecule has 132 valence electrons. The lowest BCUT2D eigenvalue weighted by atomic mass is 10.1. The smallest absolute Gasteiger partial charge is 0.132 e. The first-order valence-corrected chi connectivity index (χ1v) is 9.33. The van der Waals surface area contributed by atoms with Gasteiger partial charge in [0.1, 0.15) is 5.82 Å². The second kappa shape index (κ2) is 8.11. The van der Waals surface area contributed by atoms with Gasteiger partial charge in [0.2, 0.25) is 0 Å². The minimum Gasteiger partial charge on any atom is -0.295 e. The number of benzene rings is 2. The number of halogens is 2. The van der Waals surface area contributed by atoms with Crippen LogP contribution >= 0.6 is 15.9 Å². The van der Waals surface area contributed by atoms with Gasteiger partial charge in [-0.25, -0.2) is 4.39 Å². The van der Waals surface area contributed by atoms with Crippen molar-refractivity contribution in [2.45, 2.75) is 20.4 Å². The molecule has 5 heteroatoms. The minimum absolute atomic E-state index is 0.250. The number of nitrogens with zero attached hydrogens (tertiary/aromatic N) is 3. The molecule has 0 aliphatic carbocycles. The summed E-state index contributed by atoms with van der Waals surface area (Å²) in [5.74, 6) is -0.250. The molecule has 0 spiro atoms. The highest BCUT2D eigenvalue weighted by Crippen LogP contribution is 2.16. The monoisotopic (exact) mass is 403 g/mol. The largest absolute Gasteiger partial charge is 0.295 e. The van der Waals surface area contributed by atoms with E-state index >= 15 is 0 Å². The highest BCUT2D eigenvalue weighted by atomic mass is 79.9. The zero-order chi connectivity index (χ0) is 17.8. The van der Waals surface area contributed by atoms with Crippen LogP contribution in [0.15, 0.2) is 46.0 Å². The zero-order valence-corrected chi connectivity index (χ0v) is 16.3. The van der Waals surface area contributed by atoms with E-state index in [0.29, 0.717) is 5.56 Å². The van der Waals surface area contributed by atoms with E-state index in [4.69, 9.17) is 0 Å². The first-order valence-electron chi connectivity index (χ1n) is 8.54. The van der Waals surface area contributed by atoms with E-state index in [-0.39, 0.29) is 5.82 Å². The van der Waals surface area contributed by atoms with Gasteiger partial charge in [0.25, 0.3) is 0 Å². The fraction of sp³-hybridized carbons (Fsp3) is 0.350. The Balaban J connectivity index is 1.55. The van der Waals surface area contributed by atoms with Crippen LogP contribution in [0, 0.1) is 19.7 Å². The molecule has 0 unspecified atom stereocenters. The highest BCUT2D eigenvalue weighted by Gasteiger charge is 2.16. The first-order chi connectivity index (χ1) is 12.0. The van der Waals surface area contributed by atoms with Crippen molar-refractivity contribution >= 4 is 22.1 Å². The van der Waals surface area contributed by atoms with E-state index in [1.54, 1.807) is 18.3 Å². The van der Waals surface area contributed by atoms with E-state index in [1.807, 2.05) is 5.01 Å². The summed E-state index contributed by atoms with van der Waals surface area (Å²) in [6.07, 6.45) is 1.61. The molecule has 1 fully saturated rings. The van der Waals surface area contributed by atoms with Gasteiger partial charge in [-0.05, 0) is 43.2 Å². The molecule has 25 heavy (non-hydrogen) atoms. The molecule has 3 nitrogen and oxygen atoms in total. The second-order valence-electron chi connectivity index (χ2n) is 6.57. The van der Waals surface area contributed by atoms with Crippen LogP contribution < -0.4 is 0 Å². The Morgan fingerprint density at radius 2 is 1.84 bits per heavy atom. The van der Waals surface area contributed by atoms with Crippen LogP contribution in [0.1, 0.15) is 22.3 Å². The molecule has 0 N–H and O–H groups in total. The zero-order valence-electron chi connectivity index (χ0n) is 14.7. The molecule has 2 aromatic rings. The van der Waals surface area contributed by atoms with Gasteiger partial charge < -0.3 is 0 Å². The molecule has 0 aromatic heterocycles. The molecule has 0 radical (unpaired) electrons. The van der Waals surface area contributed by atoms with E-state index < -0.39 is 0 Å². The van der Waals surface area contributed by atoms with Crippen molar-refractivity contribution in [1.82, 2.24) is 9.91 Å². The molecule has 0 atom stereocenters. The standard InChI is InChI=1S/C20H23BrFN3/c1-15-3-4-17(16(2)11-15)14-24-7-9-25(10-8-24)23-13-18-12-19(21)5-6-20(18)22/h3-6,11-13H,7-10,14H2,1-2H3/b23-13+. The number of hydrogen-bond donors (Lipinski definition) is 0. The fourth-order valence-corrected chi connectivity index (χ4v) is 3.41. The lowest BCUT2D eigenvalue weighted by Crippen LogP contribution is -2.43. The Morgan fingerprint density at radius 3 is 2.56 bits per heavy atom. The normalized spacial score (nSPS) is 15.9. The molecular weight excluding hydrogens is 381 g/mol. The first kappa shape index (κ1) is 18.1. The number of hydrogen-bond acceptors (Lipinski definition) is 3. The number of hydrazone groups is 1.